The Kier molecular flexibility index (Phi) is 5.45. The van der Waals surface area contributed by atoms with E-state index in [4.69, 9.17) is 4.98 Å². The zero-order valence-electron chi connectivity index (χ0n) is 17.6. The van der Waals surface area contributed by atoms with Gasteiger partial charge < -0.3 is 9.88 Å². The van der Waals surface area contributed by atoms with Crippen LogP contribution in [0.25, 0.3) is 0 Å². The number of likely N-dealkylation sites (tertiary alicyclic amines) is 1. The van der Waals surface area contributed by atoms with E-state index in [1.54, 1.807) is 35.3 Å². The highest BCUT2D eigenvalue weighted by molar-refractivity contribution is 7.09. The van der Waals surface area contributed by atoms with Gasteiger partial charge in [-0.05, 0) is 36.8 Å². The van der Waals surface area contributed by atoms with Crippen LogP contribution in [-0.2, 0) is 26.6 Å². The summed E-state index contributed by atoms with van der Waals surface area (Å²) in [4.78, 5) is 39.4. The number of carbonyl (C=O) groups is 1. The number of carbonyl (C=O) groups excluding carboxylic acids is 1. The van der Waals surface area contributed by atoms with Crippen LogP contribution < -0.4 is 5.56 Å². The molecule has 5 heterocycles. The number of amides is 1. The summed E-state index contributed by atoms with van der Waals surface area (Å²) in [7, 11) is 1.80. The van der Waals surface area contributed by atoms with Crippen molar-refractivity contribution in [1.29, 1.82) is 0 Å². The van der Waals surface area contributed by atoms with E-state index < -0.39 is 0 Å². The van der Waals surface area contributed by atoms with Crippen molar-refractivity contribution in [3.8, 4) is 0 Å². The Bertz CT molecular complexity index is 1140. The number of nitrogens with zero attached hydrogens (tertiary/aromatic N) is 5. The van der Waals surface area contributed by atoms with Gasteiger partial charge in [0.15, 0.2) is 0 Å². The standard InChI is InChI=1S/C22H26N6O2S/c1-26-10-7-18(25-26)22(30)28-9-3-2-6-19(28)20-23-17-8-11-27(13-15-5-4-12-31-15)14-16(17)21(29)24-20/h4-5,7,10,12,19H,2-3,6,8-9,11,13-14H2,1H3,(H,23,24,29). The van der Waals surface area contributed by atoms with E-state index in [0.717, 1.165) is 50.0 Å². The maximum absolute atomic E-state index is 13.1. The molecule has 2 aliphatic rings. The Labute approximate surface area is 184 Å². The second kappa shape index (κ2) is 8.39. The van der Waals surface area contributed by atoms with Crippen LogP contribution in [0.15, 0.2) is 34.6 Å². The van der Waals surface area contributed by atoms with Crippen molar-refractivity contribution in [1.82, 2.24) is 29.5 Å². The number of piperidine rings is 1. The van der Waals surface area contributed by atoms with Crippen molar-refractivity contribution in [3.05, 3.63) is 67.8 Å². The SMILES string of the molecule is Cn1ccc(C(=O)N2CCCCC2c2nc3c(c(=O)[nH]2)CN(Cc2cccs2)CC3)n1. The molecular weight excluding hydrogens is 412 g/mol. The molecule has 0 saturated carbocycles. The zero-order valence-corrected chi connectivity index (χ0v) is 18.4. The Morgan fingerprint density at radius 2 is 2.19 bits per heavy atom. The fraction of sp³-hybridized carbons (Fsp3) is 0.455. The van der Waals surface area contributed by atoms with Crippen molar-refractivity contribution in [2.75, 3.05) is 13.1 Å². The fourth-order valence-corrected chi connectivity index (χ4v) is 5.30. The summed E-state index contributed by atoms with van der Waals surface area (Å²) < 4.78 is 1.63. The van der Waals surface area contributed by atoms with E-state index in [9.17, 15) is 9.59 Å². The highest BCUT2D eigenvalue weighted by Crippen LogP contribution is 2.30. The zero-order chi connectivity index (χ0) is 21.4. The van der Waals surface area contributed by atoms with Crippen molar-refractivity contribution in [2.45, 2.75) is 44.8 Å². The summed E-state index contributed by atoms with van der Waals surface area (Å²) in [5.74, 6) is 0.507. The normalized spacial score (nSPS) is 19.4. The smallest absolute Gasteiger partial charge is 0.274 e. The lowest BCUT2D eigenvalue weighted by Crippen LogP contribution is -2.41. The molecule has 0 bridgehead atoms. The molecule has 1 unspecified atom stereocenters. The number of aryl methyl sites for hydroxylation is 1. The largest absolute Gasteiger partial charge is 0.327 e. The predicted octanol–water partition coefficient (Wildman–Crippen LogP) is 2.49. The molecule has 1 atom stereocenters. The molecular formula is C22H26N6O2S. The number of rotatable bonds is 4. The first kappa shape index (κ1) is 20.1. The maximum atomic E-state index is 13.1. The fourth-order valence-electron chi connectivity index (χ4n) is 4.55. The first-order valence-corrected chi connectivity index (χ1v) is 11.6. The molecule has 0 aromatic carbocycles. The molecule has 0 radical (unpaired) electrons. The van der Waals surface area contributed by atoms with Gasteiger partial charge in [-0.3, -0.25) is 19.2 Å². The Balaban J connectivity index is 1.39. The molecule has 31 heavy (non-hydrogen) atoms. The van der Waals surface area contributed by atoms with Crippen molar-refractivity contribution in [2.24, 2.45) is 7.05 Å². The first-order valence-electron chi connectivity index (χ1n) is 10.8. The third-order valence-corrected chi connectivity index (χ3v) is 7.00. The number of aromatic nitrogens is 4. The lowest BCUT2D eigenvalue weighted by molar-refractivity contribution is 0.0591. The average molecular weight is 439 g/mol. The van der Waals surface area contributed by atoms with Crippen LogP contribution in [0.1, 0.15) is 57.8 Å². The minimum Gasteiger partial charge on any atom is -0.327 e. The molecule has 1 fully saturated rings. The topological polar surface area (TPSA) is 87.1 Å². The molecule has 8 nitrogen and oxygen atoms in total. The number of thiophene rings is 1. The lowest BCUT2D eigenvalue weighted by atomic mass is 9.99. The molecule has 9 heteroatoms. The number of fused-ring (bicyclic) bond motifs is 1. The number of hydrogen-bond donors (Lipinski definition) is 1. The van der Waals surface area contributed by atoms with Crippen LogP contribution in [0.4, 0.5) is 0 Å². The van der Waals surface area contributed by atoms with Gasteiger partial charge >= 0.3 is 0 Å². The number of aromatic amines is 1. The van der Waals surface area contributed by atoms with Crippen LogP contribution in [0.2, 0.25) is 0 Å². The van der Waals surface area contributed by atoms with Crippen LogP contribution in [0, 0.1) is 0 Å². The van der Waals surface area contributed by atoms with Crippen LogP contribution >= 0.6 is 11.3 Å². The van der Waals surface area contributed by atoms with Crippen molar-refractivity contribution >= 4 is 17.2 Å². The molecule has 1 N–H and O–H groups in total. The van der Waals surface area contributed by atoms with Gasteiger partial charge in [-0.25, -0.2) is 4.98 Å². The Morgan fingerprint density at radius 3 is 2.97 bits per heavy atom. The minimum absolute atomic E-state index is 0.0771. The molecule has 0 spiro atoms. The molecule has 162 valence electrons. The third kappa shape index (κ3) is 4.07. The van der Waals surface area contributed by atoms with E-state index in [2.05, 4.69) is 32.5 Å². The molecule has 0 aliphatic carbocycles. The highest BCUT2D eigenvalue weighted by atomic mass is 32.1. The van der Waals surface area contributed by atoms with Crippen LogP contribution in [-0.4, -0.2) is 48.5 Å². The summed E-state index contributed by atoms with van der Waals surface area (Å²) in [5.41, 5.74) is 1.98. The molecule has 3 aromatic heterocycles. The van der Waals surface area contributed by atoms with Gasteiger partial charge in [0, 0.05) is 50.7 Å². The third-order valence-electron chi connectivity index (χ3n) is 6.14. The summed E-state index contributed by atoms with van der Waals surface area (Å²) >= 11 is 1.74. The van der Waals surface area contributed by atoms with Gasteiger partial charge in [-0.1, -0.05) is 6.07 Å². The van der Waals surface area contributed by atoms with Crippen molar-refractivity contribution < 1.29 is 4.79 Å². The monoisotopic (exact) mass is 438 g/mol. The summed E-state index contributed by atoms with van der Waals surface area (Å²) in [5, 5.41) is 6.35. The Morgan fingerprint density at radius 1 is 1.29 bits per heavy atom. The number of H-pyrrole nitrogens is 1. The summed E-state index contributed by atoms with van der Waals surface area (Å²) in [6.07, 6.45) is 5.27. The van der Waals surface area contributed by atoms with Gasteiger partial charge in [0.05, 0.1) is 17.3 Å². The lowest BCUT2D eigenvalue weighted by Gasteiger charge is -2.35. The molecule has 1 saturated heterocycles. The molecule has 3 aromatic rings. The van der Waals surface area contributed by atoms with Gasteiger partial charge in [0.25, 0.3) is 11.5 Å². The first-order chi connectivity index (χ1) is 15.1. The minimum atomic E-state index is -0.217. The molecule has 1 amide bonds. The number of nitrogens with one attached hydrogen (secondary N) is 1. The highest BCUT2D eigenvalue weighted by Gasteiger charge is 2.32. The van der Waals surface area contributed by atoms with Gasteiger partial charge in [0.1, 0.15) is 11.5 Å². The maximum Gasteiger partial charge on any atom is 0.274 e. The van der Waals surface area contributed by atoms with E-state index in [-0.39, 0.29) is 17.5 Å². The number of hydrogen-bond acceptors (Lipinski definition) is 6. The summed E-state index contributed by atoms with van der Waals surface area (Å²) in [6.45, 7) is 2.99. The van der Waals surface area contributed by atoms with Crippen molar-refractivity contribution in [3.63, 3.8) is 0 Å². The molecule has 2 aliphatic heterocycles. The van der Waals surface area contributed by atoms with Gasteiger partial charge in [0.2, 0.25) is 0 Å². The van der Waals surface area contributed by atoms with Crippen LogP contribution in [0.3, 0.4) is 0 Å². The average Bonchev–Trinajstić information content (AvgIpc) is 3.45. The summed E-state index contributed by atoms with van der Waals surface area (Å²) in [6, 6.07) is 5.70. The quantitative estimate of drug-likeness (QED) is 0.676. The van der Waals surface area contributed by atoms with E-state index in [1.165, 1.54) is 4.88 Å². The van der Waals surface area contributed by atoms with E-state index in [1.807, 2.05) is 4.90 Å². The van der Waals surface area contributed by atoms with Crippen LogP contribution in [0.5, 0.6) is 0 Å². The second-order valence-electron chi connectivity index (χ2n) is 8.30. The van der Waals surface area contributed by atoms with Gasteiger partial charge in [-0.2, -0.15) is 5.10 Å². The predicted molar refractivity (Wildman–Crippen MR) is 118 cm³/mol. The van der Waals surface area contributed by atoms with E-state index >= 15 is 0 Å². The Hall–Kier alpha value is -2.78. The second-order valence-corrected chi connectivity index (χ2v) is 9.33. The van der Waals surface area contributed by atoms with Gasteiger partial charge in [-0.15, -0.1) is 11.3 Å². The molecule has 5 rings (SSSR count). The van der Waals surface area contributed by atoms with E-state index in [0.29, 0.717) is 24.6 Å².